The van der Waals surface area contributed by atoms with E-state index in [4.69, 9.17) is 37.9 Å². The zero-order chi connectivity index (χ0) is 53.6. The van der Waals surface area contributed by atoms with Crippen molar-refractivity contribution in [1.82, 2.24) is 0 Å². The third-order valence-electron chi connectivity index (χ3n) is 22.5. The predicted molar refractivity (Wildman–Crippen MR) is 289 cm³/mol. The van der Waals surface area contributed by atoms with Gasteiger partial charge in [-0.3, -0.25) is 0 Å². The number of ether oxygens (including phenoxy) is 8. The van der Waals surface area contributed by atoms with E-state index in [0.717, 1.165) is 0 Å². The van der Waals surface area contributed by atoms with Crippen molar-refractivity contribution in [2.75, 3.05) is 0 Å². The van der Waals surface area contributed by atoms with Crippen molar-refractivity contribution >= 4 is 0 Å². The summed E-state index contributed by atoms with van der Waals surface area (Å²) in [5.41, 5.74) is 7.16. The van der Waals surface area contributed by atoms with E-state index in [0.29, 0.717) is 0 Å². The van der Waals surface area contributed by atoms with Crippen LogP contribution in [0.2, 0.25) is 0 Å². The van der Waals surface area contributed by atoms with Crippen molar-refractivity contribution < 1.29 is 37.9 Å². The summed E-state index contributed by atoms with van der Waals surface area (Å²) in [6.45, 7) is 53.7. The summed E-state index contributed by atoms with van der Waals surface area (Å²) < 4.78 is 49.9. The van der Waals surface area contributed by atoms with E-state index < -0.39 is 23.1 Å². The second-order valence-electron chi connectivity index (χ2n) is 31.2. The smallest absolute Gasteiger partial charge is 0.164 e. The summed E-state index contributed by atoms with van der Waals surface area (Å²) in [5.74, 6) is -1.81. The molecule has 0 aromatic heterocycles. The van der Waals surface area contributed by atoms with Crippen molar-refractivity contribution in [3.63, 3.8) is 0 Å². The molecule has 2 unspecified atom stereocenters. The predicted octanol–water partition coefficient (Wildman–Crippen LogP) is 16.2. The van der Waals surface area contributed by atoms with Gasteiger partial charge in [-0.1, -0.05) is 155 Å². The minimum absolute atomic E-state index is 0.116. The Hall–Kier alpha value is -1.36. The van der Waals surface area contributed by atoms with Gasteiger partial charge >= 0.3 is 0 Å². The molecule has 4 heterocycles. The summed E-state index contributed by atoms with van der Waals surface area (Å²) in [6, 6.07) is 0. The van der Waals surface area contributed by atoms with Gasteiger partial charge in [-0.2, -0.15) is 0 Å². The molecule has 12 aliphatic rings. The number of hydrogen-bond acceptors (Lipinski definition) is 8. The molecule has 408 valence electrons. The largest absolute Gasteiger partial charge is 0.340 e. The van der Waals surface area contributed by atoms with E-state index >= 15 is 0 Å². The lowest BCUT2D eigenvalue weighted by atomic mass is 9.57. The topological polar surface area (TPSA) is 73.8 Å². The molecular weight excluding hydrogens is 897 g/mol. The SMILES string of the molecule is CC1(C)OC2C=C3C(C)(C)CCC[C@@]3(C)[C@]2(C)O1.CC1(C)OC2C=C3C(C)(C)CCC[C@]3(C)[C@]2(C)O1.CC1(C)O[C@@H]2C=C3C(C)(C)CCC[C@]3(C)[C@]2(C)O1.CC1(C)O[C@H]2C=C3C(C)(C)CCC[C@@]3(C)[C@@]2(C)O1. The second-order valence-corrected chi connectivity index (χ2v) is 31.2. The molecule has 72 heavy (non-hydrogen) atoms. The highest BCUT2D eigenvalue weighted by molar-refractivity contribution is 5.42. The van der Waals surface area contributed by atoms with Crippen LogP contribution in [-0.2, 0) is 37.9 Å². The number of hydrogen-bond donors (Lipinski definition) is 0. The number of fused-ring (bicyclic) bond motifs is 12. The van der Waals surface area contributed by atoms with Crippen LogP contribution in [0.5, 0.6) is 0 Å². The van der Waals surface area contributed by atoms with Crippen LogP contribution in [0.15, 0.2) is 46.6 Å². The first-order valence-corrected chi connectivity index (χ1v) is 28.9. The zero-order valence-corrected chi connectivity index (χ0v) is 50.4. The van der Waals surface area contributed by atoms with Gasteiger partial charge in [0.05, 0.1) is 0 Å². The highest BCUT2D eigenvalue weighted by atomic mass is 16.8. The average Bonchev–Trinajstić information content (AvgIpc) is 3.98. The molecule has 8 aliphatic carbocycles. The highest BCUT2D eigenvalue weighted by Crippen LogP contribution is 2.69. The molecule has 0 bridgehead atoms. The Morgan fingerprint density at radius 1 is 0.264 bits per heavy atom. The van der Waals surface area contributed by atoms with E-state index in [-0.39, 0.29) is 90.1 Å². The first kappa shape index (κ1) is 55.4. The molecule has 8 nitrogen and oxygen atoms in total. The molecular formula is C64H104O8. The lowest BCUT2D eigenvalue weighted by molar-refractivity contribution is -0.184. The Balaban J connectivity index is 0.000000119. The average molecular weight is 1000 g/mol. The van der Waals surface area contributed by atoms with Gasteiger partial charge in [0, 0.05) is 21.7 Å². The Labute approximate surface area is 439 Å². The van der Waals surface area contributed by atoms with Gasteiger partial charge in [-0.25, -0.2) is 0 Å². The summed E-state index contributed by atoms with van der Waals surface area (Å²) in [6.07, 6.45) is 25.1. The number of rotatable bonds is 0. The molecule has 0 N–H and O–H groups in total. The molecule has 12 rings (SSSR count). The third-order valence-corrected chi connectivity index (χ3v) is 22.5. The molecule has 4 aliphatic heterocycles. The van der Waals surface area contributed by atoms with E-state index in [1.807, 2.05) is 55.4 Å². The van der Waals surface area contributed by atoms with Crippen LogP contribution < -0.4 is 0 Å². The first-order valence-electron chi connectivity index (χ1n) is 28.9. The lowest BCUT2D eigenvalue weighted by Crippen LogP contribution is -2.51. The van der Waals surface area contributed by atoms with Gasteiger partial charge in [0.1, 0.15) is 46.8 Å². The molecule has 8 fully saturated rings. The molecule has 4 saturated carbocycles. The van der Waals surface area contributed by atoms with E-state index in [1.54, 1.807) is 22.3 Å². The van der Waals surface area contributed by atoms with Crippen LogP contribution in [0.1, 0.15) is 243 Å². The molecule has 0 spiro atoms. The summed E-state index contributed by atoms with van der Waals surface area (Å²) in [7, 11) is 0. The van der Waals surface area contributed by atoms with E-state index in [9.17, 15) is 0 Å². The monoisotopic (exact) mass is 1000 g/mol. The first-order chi connectivity index (χ1) is 32.4. The van der Waals surface area contributed by atoms with Gasteiger partial charge in [0.15, 0.2) is 23.1 Å². The fraction of sp³-hybridized carbons (Fsp3) is 0.875. The van der Waals surface area contributed by atoms with Gasteiger partial charge in [0.2, 0.25) is 0 Å². The fourth-order valence-electron chi connectivity index (χ4n) is 18.4. The summed E-state index contributed by atoms with van der Waals surface area (Å²) in [5, 5.41) is 0. The maximum atomic E-state index is 6.35. The van der Waals surface area contributed by atoms with Crippen LogP contribution in [0.3, 0.4) is 0 Å². The van der Waals surface area contributed by atoms with E-state index in [2.05, 4.69) is 135 Å². The van der Waals surface area contributed by atoms with Gasteiger partial charge in [0.25, 0.3) is 0 Å². The molecule has 4 saturated heterocycles. The Morgan fingerprint density at radius 2 is 0.431 bits per heavy atom. The van der Waals surface area contributed by atoms with Gasteiger partial charge in [-0.05, 0) is 156 Å². The van der Waals surface area contributed by atoms with Crippen LogP contribution in [0.4, 0.5) is 0 Å². The van der Waals surface area contributed by atoms with Crippen molar-refractivity contribution in [2.24, 2.45) is 43.3 Å². The molecule has 0 amide bonds. The van der Waals surface area contributed by atoms with Crippen LogP contribution in [-0.4, -0.2) is 70.0 Å². The van der Waals surface area contributed by atoms with Crippen molar-refractivity contribution in [3.8, 4) is 0 Å². The van der Waals surface area contributed by atoms with Crippen molar-refractivity contribution in [2.45, 2.75) is 313 Å². The Bertz CT molecular complexity index is 2000. The van der Waals surface area contributed by atoms with Crippen molar-refractivity contribution in [1.29, 1.82) is 0 Å². The summed E-state index contributed by atoms with van der Waals surface area (Å²) >= 11 is 0. The van der Waals surface area contributed by atoms with E-state index in [1.165, 1.54) is 77.0 Å². The minimum Gasteiger partial charge on any atom is -0.340 e. The molecule has 0 radical (unpaired) electrons. The maximum absolute atomic E-state index is 6.35. The quantitative estimate of drug-likeness (QED) is 0.222. The van der Waals surface area contributed by atoms with Crippen LogP contribution in [0, 0.1) is 43.3 Å². The third kappa shape index (κ3) is 7.96. The Morgan fingerprint density at radius 3 is 0.597 bits per heavy atom. The minimum atomic E-state index is -0.452. The van der Waals surface area contributed by atoms with Gasteiger partial charge < -0.3 is 37.9 Å². The van der Waals surface area contributed by atoms with Crippen LogP contribution >= 0.6 is 0 Å². The molecule has 8 heteroatoms. The summed E-state index contributed by atoms with van der Waals surface area (Å²) in [4.78, 5) is 0. The standard InChI is InChI=1S/4C16H26O2/c4*1-13(2)8-7-9-15(5)11(13)10-12-16(15,6)18-14(3,4)17-12/h4*10,12H,7-9H2,1-6H3/t12?,15-,16+;12?,15-,16-;2*12-,15+,16-/m0110/s1. The molecule has 0 aromatic rings. The molecule has 12 atom stereocenters. The van der Waals surface area contributed by atoms with Gasteiger partial charge in [-0.15, -0.1) is 0 Å². The normalized spacial score (nSPS) is 48.6. The maximum Gasteiger partial charge on any atom is 0.164 e. The Kier molecular flexibility index (Phi) is 12.4. The zero-order valence-electron chi connectivity index (χ0n) is 50.4. The second kappa shape index (κ2) is 16.1. The van der Waals surface area contributed by atoms with Crippen LogP contribution in [0.25, 0.3) is 0 Å². The van der Waals surface area contributed by atoms with Crippen molar-refractivity contribution in [3.05, 3.63) is 46.6 Å². The molecule has 0 aromatic carbocycles. The lowest BCUT2D eigenvalue weighted by Gasteiger charge is -2.50. The fourth-order valence-corrected chi connectivity index (χ4v) is 18.4. The highest BCUT2D eigenvalue weighted by Gasteiger charge is 2.70.